The molecule has 2 rings (SSSR count). The van der Waals surface area contributed by atoms with Crippen molar-refractivity contribution in [3.05, 3.63) is 36.4 Å². The van der Waals surface area contributed by atoms with Crippen molar-refractivity contribution in [3.8, 4) is 11.8 Å². The smallest absolute Gasteiger partial charge is 0.196 e. The van der Waals surface area contributed by atoms with Gasteiger partial charge >= 0.3 is 0 Å². The molecule has 1 heterocycles. The third-order valence-corrected chi connectivity index (χ3v) is 2.70. The number of benzene rings is 1. The predicted molar refractivity (Wildman–Crippen MR) is 57.7 cm³/mol. The number of hydrogen-bond donors (Lipinski definition) is 0. The molecule has 0 unspecified atom stereocenters. The van der Waals surface area contributed by atoms with Crippen molar-refractivity contribution >= 4 is 11.8 Å². The molecule has 16 heavy (non-hydrogen) atoms. The number of nitrogens with zero attached hydrogens (tertiary/aromatic N) is 4. The van der Waals surface area contributed by atoms with Crippen molar-refractivity contribution in [1.29, 1.82) is 5.26 Å². The fraction of sp³-hybridized carbons (Fsp3) is 0.100. The summed E-state index contributed by atoms with van der Waals surface area (Å²) in [5.74, 6) is -0.0891. The van der Waals surface area contributed by atoms with Crippen molar-refractivity contribution in [1.82, 2.24) is 14.8 Å². The number of halogens is 1. The second-order valence-corrected chi connectivity index (χ2v) is 3.82. The molecule has 0 spiro atoms. The van der Waals surface area contributed by atoms with E-state index in [-0.39, 0.29) is 11.6 Å². The summed E-state index contributed by atoms with van der Waals surface area (Å²) >= 11 is 1.22. The van der Waals surface area contributed by atoms with E-state index in [0.717, 1.165) is 0 Å². The lowest BCUT2D eigenvalue weighted by molar-refractivity contribution is 0.613. The zero-order chi connectivity index (χ0) is 11.4. The highest BCUT2D eigenvalue weighted by molar-refractivity contribution is 7.99. The van der Waals surface area contributed by atoms with Crippen LogP contribution in [0.4, 0.5) is 4.39 Å². The largest absolute Gasteiger partial charge is 0.274 e. The lowest BCUT2D eigenvalue weighted by Crippen LogP contribution is -1.98. The molecule has 0 atom stereocenters. The molecule has 0 radical (unpaired) electrons. The van der Waals surface area contributed by atoms with Crippen molar-refractivity contribution < 1.29 is 4.39 Å². The third kappa shape index (κ3) is 2.04. The molecule has 0 N–H and O–H groups in total. The van der Waals surface area contributed by atoms with Gasteiger partial charge in [0, 0.05) is 0 Å². The zero-order valence-electron chi connectivity index (χ0n) is 8.17. The van der Waals surface area contributed by atoms with Gasteiger partial charge in [-0.3, -0.25) is 4.57 Å². The summed E-state index contributed by atoms with van der Waals surface area (Å²) in [5.41, 5.74) is 0.382. The van der Waals surface area contributed by atoms with Gasteiger partial charge in [0.15, 0.2) is 5.16 Å². The fourth-order valence-corrected chi connectivity index (χ4v) is 1.82. The number of aromatic nitrogens is 3. The fourth-order valence-electron chi connectivity index (χ4n) is 1.23. The zero-order valence-corrected chi connectivity index (χ0v) is 8.99. The number of thioether (sulfide) groups is 1. The van der Waals surface area contributed by atoms with E-state index in [1.165, 1.54) is 28.7 Å². The van der Waals surface area contributed by atoms with Crippen LogP contribution in [0.1, 0.15) is 0 Å². The minimum Gasteiger partial charge on any atom is -0.274 e. The summed E-state index contributed by atoms with van der Waals surface area (Å²) in [6, 6.07) is 8.34. The molecular weight excluding hydrogens is 227 g/mol. The van der Waals surface area contributed by atoms with Crippen molar-refractivity contribution in [2.75, 3.05) is 5.75 Å². The molecule has 4 nitrogen and oxygen atoms in total. The van der Waals surface area contributed by atoms with Crippen LogP contribution in [0.3, 0.4) is 0 Å². The summed E-state index contributed by atoms with van der Waals surface area (Å²) < 4.78 is 15.0. The quantitative estimate of drug-likeness (QED) is 0.762. The Hall–Kier alpha value is -1.87. The molecule has 0 amide bonds. The van der Waals surface area contributed by atoms with Crippen LogP contribution in [0.2, 0.25) is 0 Å². The van der Waals surface area contributed by atoms with Crippen molar-refractivity contribution in [3.63, 3.8) is 0 Å². The van der Waals surface area contributed by atoms with Crippen LogP contribution in [-0.2, 0) is 0 Å². The van der Waals surface area contributed by atoms with Crippen molar-refractivity contribution in [2.24, 2.45) is 0 Å². The minimum atomic E-state index is -0.346. The lowest BCUT2D eigenvalue weighted by atomic mass is 10.3. The highest BCUT2D eigenvalue weighted by atomic mass is 32.2. The van der Waals surface area contributed by atoms with E-state index < -0.39 is 0 Å². The van der Waals surface area contributed by atoms with E-state index in [1.54, 1.807) is 18.2 Å². The molecule has 0 saturated heterocycles. The van der Waals surface area contributed by atoms with Gasteiger partial charge < -0.3 is 0 Å². The maximum absolute atomic E-state index is 13.5. The average Bonchev–Trinajstić information content (AvgIpc) is 2.75. The Morgan fingerprint density at radius 2 is 2.25 bits per heavy atom. The highest BCUT2D eigenvalue weighted by Crippen LogP contribution is 2.20. The summed E-state index contributed by atoms with van der Waals surface area (Å²) in [4.78, 5) is 0. The van der Waals surface area contributed by atoms with E-state index in [9.17, 15) is 4.39 Å². The molecule has 0 aliphatic carbocycles. The van der Waals surface area contributed by atoms with Crippen molar-refractivity contribution in [2.45, 2.75) is 5.16 Å². The first kappa shape index (κ1) is 10.6. The van der Waals surface area contributed by atoms with Crippen LogP contribution < -0.4 is 0 Å². The van der Waals surface area contributed by atoms with Gasteiger partial charge in [0.1, 0.15) is 12.1 Å². The number of hydrogen-bond acceptors (Lipinski definition) is 4. The Balaban J connectivity index is 2.38. The maximum atomic E-state index is 13.5. The number of para-hydroxylation sites is 1. The summed E-state index contributed by atoms with van der Waals surface area (Å²) in [7, 11) is 0. The van der Waals surface area contributed by atoms with Crippen LogP contribution >= 0.6 is 11.8 Å². The van der Waals surface area contributed by atoms with Crippen LogP contribution in [0.5, 0.6) is 0 Å². The van der Waals surface area contributed by atoms with Crippen LogP contribution in [0.15, 0.2) is 35.7 Å². The normalized spacial score (nSPS) is 10.0. The number of rotatable bonds is 3. The molecule has 2 aromatic rings. The van der Waals surface area contributed by atoms with Gasteiger partial charge in [0.25, 0.3) is 0 Å². The van der Waals surface area contributed by atoms with E-state index in [0.29, 0.717) is 10.8 Å². The van der Waals surface area contributed by atoms with E-state index in [2.05, 4.69) is 10.2 Å². The van der Waals surface area contributed by atoms with Gasteiger partial charge in [-0.25, -0.2) is 4.39 Å². The molecule has 1 aromatic heterocycles. The number of nitriles is 1. The molecule has 0 aliphatic heterocycles. The second-order valence-electron chi connectivity index (χ2n) is 2.88. The molecule has 0 aliphatic rings. The molecular formula is C10H7FN4S. The van der Waals surface area contributed by atoms with Gasteiger partial charge in [-0.15, -0.1) is 10.2 Å². The lowest BCUT2D eigenvalue weighted by Gasteiger charge is -2.05. The van der Waals surface area contributed by atoms with E-state index >= 15 is 0 Å². The topological polar surface area (TPSA) is 54.5 Å². The Bertz CT molecular complexity index is 532. The first-order valence-electron chi connectivity index (χ1n) is 4.47. The Morgan fingerprint density at radius 1 is 1.44 bits per heavy atom. The van der Waals surface area contributed by atoms with Crippen LogP contribution in [-0.4, -0.2) is 20.5 Å². The Morgan fingerprint density at radius 3 is 3.00 bits per heavy atom. The monoisotopic (exact) mass is 234 g/mol. The minimum absolute atomic E-state index is 0.257. The molecule has 0 bridgehead atoms. The van der Waals surface area contributed by atoms with Gasteiger partial charge in [-0.1, -0.05) is 23.9 Å². The van der Waals surface area contributed by atoms with Gasteiger partial charge in [0.05, 0.1) is 17.5 Å². The van der Waals surface area contributed by atoms with Gasteiger partial charge in [0.2, 0.25) is 0 Å². The molecule has 0 saturated carbocycles. The first-order chi connectivity index (χ1) is 7.83. The highest BCUT2D eigenvalue weighted by Gasteiger charge is 2.09. The SMILES string of the molecule is N#CCSc1nncn1-c1ccccc1F. The standard InChI is InChI=1S/C10H7FN4S/c11-8-3-1-2-4-9(8)15-7-13-14-10(15)16-6-5-12/h1-4,7H,6H2. The maximum Gasteiger partial charge on any atom is 0.196 e. The second kappa shape index (κ2) is 4.77. The molecule has 6 heteroatoms. The first-order valence-corrected chi connectivity index (χ1v) is 5.46. The van der Waals surface area contributed by atoms with E-state index in [4.69, 9.17) is 5.26 Å². The Kier molecular flexibility index (Phi) is 3.17. The third-order valence-electron chi connectivity index (χ3n) is 1.89. The summed E-state index contributed by atoms with van der Waals surface area (Å²) in [6.45, 7) is 0. The van der Waals surface area contributed by atoms with Gasteiger partial charge in [-0.05, 0) is 12.1 Å². The summed E-state index contributed by atoms with van der Waals surface area (Å²) in [5, 5.41) is 16.5. The molecule has 0 fully saturated rings. The van der Waals surface area contributed by atoms with E-state index in [1.807, 2.05) is 6.07 Å². The van der Waals surface area contributed by atoms with Crippen LogP contribution in [0, 0.1) is 17.1 Å². The molecule has 80 valence electrons. The molecule has 1 aromatic carbocycles. The van der Waals surface area contributed by atoms with Gasteiger partial charge in [-0.2, -0.15) is 5.26 Å². The summed E-state index contributed by atoms with van der Waals surface area (Å²) in [6.07, 6.45) is 1.43. The average molecular weight is 234 g/mol. The predicted octanol–water partition coefficient (Wildman–Crippen LogP) is 2.02. The van der Waals surface area contributed by atoms with Crippen LogP contribution in [0.25, 0.3) is 5.69 Å². The Labute approximate surface area is 95.7 Å².